The SMILES string of the molecule is O=C1NCCNC(=O)C(=O)NCCNC(=O)C(=O)NCCNC(=O)C(=O)NCCNC1=O.[Cl][Ti][Cl].[Cl][Ti][Cl].[Cl][Ti][Cl].[Cl][Ti][Cl]. The van der Waals surface area contributed by atoms with Crippen LogP contribution in [0.15, 0.2) is 0 Å². The Morgan fingerprint density at radius 2 is 0.341 bits per heavy atom. The summed E-state index contributed by atoms with van der Waals surface area (Å²) >= 11 is -2.22. The van der Waals surface area contributed by atoms with Gasteiger partial charge >= 0.3 is 190 Å². The molecule has 8 N–H and O–H groups in total. The minimum atomic E-state index is -1.000. The second-order valence-electron chi connectivity index (χ2n) is 6.33. The van der Waals surface area contributed by atoms with Crippen molar-refractivity contribution in [1.82, 2.24) is 42.5 Å². The standard InChI is InChI=1S/C16H24N8O8.8ClH.4Ti/c25-9-10(26)19-3-4-21-13(29)14(30)23-7-8-24-16(32)15(31)22-6-5-20-12(28)11(27)18-2-1-17-9;;;;;;;;;;;;/h1-8H2,(H,17,25)(H,18,27)(H,19,26)(H,20,28)(H,21,29)(H,22,31)(H,23,30)(H,24,32);8*1H;;;;/q;;;;;;;;;4*+2/p-8. The molecule has 1 aliphatic rings. The van der Waals surface area contributed by atoms with E-state index in [1.807, 2.05) is 0 Å². The van der Waals surface area contributed by atoms with E-state index in [1.54, 1.807) is 0 Å². The van der Waals surface area contributed by atoms with Crippen molar-refractivity contribution in [2.24, 2.45) is 0 Å². The normalized spacial score (nSPS) is 15.5. The molecule has 8 amide bonds. The van der Waals surface area contributed by atoms with Crippen LogP contribution in [0, 0.1) is 0 Å². The first-order valence-corrected chi connectivity index (χ1v) is 28.2. The number of rotatable bonds is 0. The van der Waals surface area contributed by atoms with Crippen LogP contribution in [0.2, 0.25) is 0 Å². The quantitative estimate of drug-likeness (QED) is 0.104. The number of carbonyl (C=O) groups is 8. The fourth-order valence-corrected chi connectivity index (χ4v) is 2.05. The van der Waals surface area contributed by atoms with Gasteiger partial charge in [-0.05, 0) is 0 Å². The first kappa shape index (κ1) is 51.8. The van der Waals surface area contributed by atoms with Crippen molar-refractivity contribution in [3.05, 3.63) is 0 Å². The van der Waals surface area contributed by atoms with E-state index in [9.17, 15) is 38.4 Å². The molecule has 0 unspecified atom stereocenters. The summed E-state index contributed by atoms with van der Waals surface area (Å²) in [7, 11) is 39.1. The maximum absolute atomic E-state index is 11.6. The van der Waals surface area contributed by atoms with Crippen molar-refractivity contribution in [3.8, 4) is 0 Å². The van der Waals surface area contributed by atoms with Gasteiger partial charge < -0.3 is 42.5 Å². The average Bonchev–Trinajstić information content (AvgIpc) is 2.98. The maximum atomic E-state index is 11.6. The molecule has 0 aliphatic carbocycles. The van der Waals surface area contributed by atoms with Crippen molar-refractivity contribution >= 4 is 122 Å². The summed E-state index contributed by atoms with van der Waals surface area (Å²) in [5.41, 5.74) is 0. The van der Waals surface area contributed by atoms with Crippen LogP contribution in [0.5, 0.6) is 0 Å². The number of hydrogen-bond donors (Lipinski definition) is 8. The van der Waals surface area contributed by atoms with E-state index in [-0.39, 0.29) is 52.4 Å². The van der Waals surface area contributed by atoms with Gasteiger partial charge in [0.05, 0.1) is 0 Å². The first-order valence-electron chi connectivity index (χ1n) is 11.0. The van der Waals surface area contributed by atoms with Gasteiger partial charge in [-0.25, -0.2) is 0 Å². The molecular weight excluding hydrogens is 907 g/mol. The average molecular weight is 932 g/mol. The van der Waals surface area contributed by atoms with Crippen LogP contribution in [0.3, 0.4) is 0 Å². The van der Waals surface area contributed by atoms with E-state index in [2.05, 4.69) is 42.5 Å². The molecule has 0 aromatic rings. The predicted molar refractivity (Wildman–Crippen MR) is 151 cm³/mol. The molecule has 0 radical (unpaired) electrons. The fraction of sp³-hybridized carbons (Fsp3) is 0.500. The number of hydrogen-bond acceptors (Lipinski definition) is 8. The van der Waals surface area contributed by atoms with Crippen molar-refractivity contribution in [2.45, 2.75) is 0 Å². The molecule has 0 bridgehead atoms. The molecule has 1 rings (SSSR count). The van der Waals surface area contributed by atoms with E-state index < -0.39 is 115 Å². The van der Waals surface area contributed by atoms with Crippen LogP contribution in [-0.2, 0) is 106 Å². The molecule has 248 valence electrons. The third kappa shape index (κ3) is 37.4. The Kier molecular flexibility index (Phi) is 47.2. The second kappa shape index (κ2) is 40.1. The predicted octanol–water partition coefficient (Wildman–Crippen LogP) is -1.56. The Bertz CT molecular complexity index is 692. The second-order valence-corrected chi connectivity index (χ2v) is 16.6. The van der Waals surface area contributed by atoms with E-state index >= 15 is 0 Å². The minimum absolute atomic E-state index is 0.145. The van der Waals surface area contributed by atoms with Crippen LogP contribution >= 0.6 is 74.4 Å². The topological polar surface area (TPSA) is 233 Å². The van der Waals surface area contributed by atoms with E-state index in [4.69, 9.17) is 74.4 Å². The summed E-state index contributed by atoms with van der Waals surface area (Å²) in [4.78, 5) is 92.8. The molecule has 0 spiro atoms. The van der Waals surface area contributed by atoms with E-state index in [0.29, 0.717) is 0 Å². The van der Waals surface area contributed by atoms with Crippen LogP contribution in [-0.4, -0.2) is 99.6 Å². The third-order valence-electron chi connectivity index (χ3n) is 3.61. The number of nitrogens with one attached hydrogen (secondary N) is 8. The Morgan fingerprint density at radius 3 is 0.409 bits per heavy atom. The molecular formula is C16H24Cl8N8O8Ti4. The van der Waals surface area contributed by atoms with Gasteiger partial charge in [0.1, 0.15) is 0 Å². The summed E-state index contributed by atoms with van der Waals surface area (Å²) in [5, 5.41) is 17.7. The third-order valence-corrected chi connectivity index (χ3v) is 3.61. The van der Waals surface area contributed by atoms with Gasteiger partial charge in [-0.1, -0.05) is 0 Å². The molecule has 16 nitrogen and oxygen atoms in total. The molecule has 0 saturated carbocycles. The van der Waals surface area contributed by atoms with Gasteiger partial charge in [-0.3, -0.25) is 38.4 Å². The molecule has 44 heavy (non-hydrogen) atoms. The number of halogens is 8. The summed E-state index contributed by atoms with van der Waals surface area (Å²) in [6, 6.07) is 0. The van der Waals surface area contributed by atoms with E-state index in [0.717, 1.165) is 0 Å². The fourth-order valence-electron chi connectivity index (χ4n) is 2.05. The summed E-state index contributed by atoms with van der Waals surface area (Å²) in [6.45, 7) is -1.16. The Labute approximate surface area is 319 Å². The zero-order valence-electron chi connectivity index (χ0n) is 21.9. The Hall–Kier alpha value is 0.937. The van der Waals surface area contributed by atoms with E-state index in [1.165, 1.54) is 0 Å². The van der Waals surface area contributed by atoms with Crippen LogP contribution in [0.25, 0.3) is 0 Å². The number of amides is 8. The van der Waals surface area contributed by atoms with Crippen molar-refractivity contribution in [3.63, 3.8) is 0 Å². The molecule has 0 atom stereocenters. The zero-order chi connectivity index (χ0) is 34.8. The van der Waals surface area contributed by atoms with Gasteiger partial charge in [-0.15, -0.1) is 0 Å². The Morgan fingerprint density at radius 1 is 0.273 bits per heavy atom. The van der Waals surface area contributed by atoms with Crippen molar-refractivity contribution in [2.75, 3.05) is 52.4 Å². The first-order chi connectivity index (χ1) is 20.9. The summed E-state index contributed by atoms with van der Waals surface area (Å²) < 4.78 is 0. The van der Waals surface area contributed by atoms with Gasteiger partial charge in [0.2, 0.25) is 0 Å². The van der Waals surface area contributed by atoms with Gasteiger partial charge in [0, 0.05) is 52.4 Å². The van der Waals surface area contributed by atoms with Crippen LogP contribution < -0.4 is 42.5 Å². The molecule has 1 heterocycles. The summed E-state index contributed by atoms with van der Waals surface area (Å²) in [5.74, 6) is -8.00. The molecule has 0 aromatic heterocycles. The van der Waals surface area contributed by atoms with Gasteiger partial charge in [0.25, 0.3) is 0 Å². The van der Waals surface area contributed by atoms with Gasteiger partial charge in [-0.2, -0.15) is 0 Å². The Balaban J connectivity index is -0.000000572. The number of carbonyl (C=O) groups excluding carboxylic acids is 8. The summed E-state index contributed by atoms with van der Waals surface area (Å²) in [6.07, 6.45) is 0. The molecule has 1 saturated heterocycles. The zero-order valence-corrected chi connectivity index (χ0v) is 34.2. The van der Waals surface area contributed by atoms with Gasteiger partial charge in [0.15, 0.2) is 0 Å². The molecule has 0 aromatic carbocycles. The monoisotopic (exact) mass is 928 g/mol. The molecule has 1 fully saturated rings. The molecule has 1 aliphatic heterocycles. The van der Waals surface area contributed by atoms with Crippen molar-refractivity contribution < 1.29 is 106 Å². The van der Waals surface area contributed by atoms with Crippen molar-refractivity contribution in [1.29, 1.82) is 0 Å². The van der Waals surface area contributed by atoms with Crippen LogP contribution in [0.4, 0.5) is 0 Å². The molecule has 28 heteroatoms. The van der Waals surface area contributed by atoms with Crippen LogP contribution in [0.1, 0.15) is 0 Å².